The lowest BCUT2D eigenvalue weighted by molar-refractivity contribution is 0.0756. The first-order valence-electron chi connectivity index (χ1n) is 5.98. The van der Waals surface area contributed by atoms with Gasteiger partial charge in [-0.1, -0.05) is 13.8 Å². The zero-order chi connectivity index (χ0) is 12.3. The molecule has 1 amide bonds. The molecule has 0 unspecified atom stereocenters. The Labute approximate surface area is 105 Å². The Bertz CT molecular complexity index is 383. The summed E-state index contributed by atoms with van der Waals surface area (Å²) in [5, 5.41) is 6.84. The Balaban J connectivity index is 2.06. The van der Waals surface area contributed by atoms with E-state index in [1.54, 1.807) is 0 Å². The molecule has 1 aromatic rings. The van der Waals surface area contributed by atoms with Crippen molar-refractivity contribution in [3.05, 3.63) is 11.6 Å². The van der Waals surface area contributed by atoms with E-state index >= 15 is 0 Å². The summed E-state index contributed by atoms with van der Waals surface area (Å²) in [6.45, 7) is 5.67. The predicted molar refractivity (Wildman–Crippen MR) is 68.3 cm³/mol. The number of rotatable bonds is 2. The molecule has 1 aliphatic heterocycles. The summed E-state index contributed by atoms with van der Waals surface area (Å²) in [5.41, 5.74) is 0. The molecule has 0 atom stereocenters. The second-order valence-electron chi connectivity index (χ2n) is 4.46. The van der Waals surface area contributed by atoms with Crippen LogP contribution in [0.4, 0.5) is 0 Å². The molecule has 94 valence electrons. The summed E-state index contributed by atoms with van der Waals surface area (Å²) in [6, 6.07) is 0. The zero-order valence-electron chi connectivity index (χ0n) is 10.3. The quantitative estimate of drug-likeness (QED) is 0.869. The van der Waals surface area contributed by atoms with E-state index in [0.29, 0.717) is 5.82 Å². The topological polar surface area (TPSA) is 61.9 Å². The van der Waals surface area contributed by atoms with Crippen LogP contribution in [0.2, 0.25) is 0 Å². The third-order valence-corrected chi connectivity index (χ3v) is 3.80. The number of carbonyl (C=O) groups is 1. The van der Waals surface area contributed by atoms with E-state index in [1.807, 2.05) is 30.5 Å². The summed E-state index contributed by atoms with van der Waals surface area (Å²) in [5.74, 6) is 3.44. The van der Waals surface area contributed by atoms with Crippen molar-refractivity contribution in [2.24, 2.45) is 0 Å². The fourth-order valence-corrected chi connectivity index (χ4v) is 2.61. The molecule has 17 heavy (non-hydrogen) atoms. The third-order valence-electron chi connectivity index (χ3n) is 2.75. The van der Waals surface area contributed by atoms with Gasteiger partial charge in [0.25, 0.3) is 5.91 Å². The highest BCUT2D eigenvalue weighted by Gasteiger charge is 2.21. The minimum absolute atomic E-state index is 0.0457. The average Bonchev–Trinajstić information content (AvgIpc) is 2.65. The van der Waals surface area contributed by atoms with Gasteiger partial charge in [0.05, 0.1) is 0 Å². The largest absolute Gasteiger partial charge is 0.335 e. The number of aromatic amines is 1. The normalized spacial score (nSPS) is 17.2. The van der Waals surface area contributed by atoms with Crippen molar-refractivity contribution >= 4 is 17.7 Å². The van der Waals surface area contributed by atoms with E-state index in [0.717, 1.165) is 36.8 Å². The lowest BCUT2D eigenvalue weighted by Crippen LogP contribution is -2.33. The van der Waals surface area contributed by atoms with Crippen molar-refractivity contribution in [2.75, 3.05) is 24.6 Å². The minimum atomic E-state index is -0.0457. The van der Waals surface area contributed by atoms with Gasteiger partial charge in [-0.3, -0.25) is 9.89 Å². The number of thioether (sulfide) groups is 1. The van der Waals surface area contributed by atoms with Crippen molar-refractivity contribution in [3.63, 3.8) is 0 Å². The highest BCUT2D eigenvalue weighted by Crippen LogP contribution is 2.13. The zero-order valence-corrected chi connectivity index (χ0v) is 11.1. The summed E-state index contributed by atoms with van der Waals surface area (Å²) >= 11 is 1.90. The summed E-state index contributed by atoms with van der Waals surface area (Å²) in [7, 11) is 0. The molecule has 1 fully saturated rings. The smallest absolute Gasteiger partial charge is 0.293 e. The van der Waals surface area contributed by atoms with Crippen molar-refractivity contribution in [3.8, 4) is 0 Å². The number of H-pyrrole nitrogens is 1. The first-order valence-corrected chi connectivity index (χ1v) is 7.13. The Hall–Kier alpha value is -1.04. The second kappa shape index (κ2) is 5.53. The van der Waals surface area contributed by atoms with Gasteiger partial charge in [-0.05, 0) is 12.2 Å². The van der Waals surface area contributed by atoms with Crippen LogP contribution in [-0.4, -0.2) is 50.6 Å². The molecule has 1 N–H and O–H groups in total. The third kappa shape index (κ3) is 3.00. The van der Waals surface area contributed by atoms with Crippen LogP contribution in [0.15, 0.2) is 0 Å². The Morgan fingerprint density at radius 1 is 1.41 bits per heavy atom. The molecule has 0 saturated carbocycles. The molecule has 5 nitrogen and oxygen atoms in total. The summed E-state index contributed by atoms with van der Waals surface area (Å²) in [4.78, 5) is 18.3. The van der Waals surface area contributed by atoms with Crippen molar-refractivity contribution in [1.82, 2.24) is 20.1 Å². The molecule has 0 bridgehead atoms. The fourth-order valence-electron chi connectivity index (χ4n) is 1.72. The SMILES string of the molecule is CC(C)c1nc(C(=O)N2CCCSCC2)n[nH]1. The van der Waals surface area contributed by atoms with E-state index in [-0.39, 0.29) is 11.8 Å². The molecule has 2 heterocycles. The molecular weight excluding hydrogens is 236 g/mol. The standard InChI is InChI=1S/C11H18N4OS/c1-8(2)9-12-10(14-13-9)11(16)15-4-3-6-17-7-5-15/h8H,3-7H2,1-2H3,(H,12,13,14). The van der Waals surface area contributed by atoms with Gasteiger partial charge < -0.3 is 4.90 Å². The van der Waals surface area contributed by atoms with Gasteiger partial charge in [-0.15, -0.1) is 5.10 Å². The number of nitrogens with one attached hydrogen (secondary N) is 1. The minimum Gasteiger partial charge on any atom is -0.335 e. The highest BCUT2D eigenvalue weighted by atomic mass is 32.2. The first-order chi connectivity index (χ1) is 8.18. The first kappa shape index (κ1) is 12.4. The average molecular weight is 254 g/mol. The molecular formula is C11H18N4OS. The fraction of sp³-hybridized carbons (Fsp3) is 0.727. The van der Waals surface area contributed by atoms with E-state index in [1.165, 1.54) is 0 Å². The van der Waals surface area contributed by atoms with Gasteiger partial charge >= 0.3 is 0 Å². The van der Waals surface area contributed by atoms with Crippen LogP contribution >= 0.6 is 11.8 Å². The lowest BCUT2D eigenvalue weighted by atomic mass is 10.2. The maximum absolute atomic E-state index is 12.2. The predicted octanol–water partition coefficient (Wildman–Crippen LogP) is 1.51. The second-order valence-corrected chi connectivity index (χ2v) is 5.68. The van der Waals surface area contributed by atoms with E-state index < -0.39 is 0 Å². The Morgan fingerprint density at radius 2 is 2.24 bits per heavy atom. The number of nitrogens with zero attached hydrogens (tertiary/aromatic N) is 3. The van der Waals surface area contributed by atoms with E-state index in [9.17, 15) is 4.79 Å². The van der Waals surface area contributed by atoms with Crippen molar-refractivity contribution < 1.29 is 4.79 Å². The molecule has 1 aliphatic rings. The van der Waals surface area contributed by atoms with Crippen LogP contribution in [0.3, 0.4) is 0 Å². The maximum atomic E-state index is 12.2. The van der Waals surface area contributed by atoms with E-state index in [4.69, 9.17) is 0 Å². The number of hydrogen-bond donors (Lipinski definition) is 1. The monoisotopic (exact) mass is 254 g/mol. The number of aromatic nitrogens is 3. The summed E-state index contributed by atoms with van der Waals surface area (Å²) < 4.78 is 0. The molecule has 2 rings (SSSR count). The van der Waals surface area contributed by atoms with Crippen LogP contribution in [0.25, 0.3) is 0 Å². The Morgan fingerprint density at radius 3 is 2.94 bits per heavy atom. The van der Waals surface area contributed by atoms with Crippen LogP contribution in [0.1, 0.15) is 42.6 Å². The van der Waals surface area contributed by atoms with Crippen LogP contribution < -0.4 is 0 Å². The van der Waals surface area contributed by atoms with Gasteiger partial charge in [0.15, 0.2) is 0 Å². The van der Waals surface area contributed by atoms with Crippen LogP contribution in [0, 0.1) is 0 Å². The maximum Gasteiger partial charge on any atom is 0.293 e. The van der Waals surface area contributed by atoms with Crippen LogP contribution in [-0.2, 0) is 0 Å². The molecule has 0 aliphatic carbocycles. The Kier molecular flexibility index (Phi) is 4.04. The van der Waals surface area contributed by atoms with E-state index in [2.05, 4.69) is 15.2 Å². The van der Waals surface area contributed by atoms with Crippen molar-refractivity contribution in [2.45, 2.75) is 26.2 Å². The molecule has 6 heteroatoms. The van der Waals surface area contributed by atoms with Gasteiger partial charge in [-0.25, -0.2) is 4.98 Å². The lowest BCUT2D eigenvalue weighted by Gasteiger charge is -2.17. The van der Waals surface area contributed by atoms with Gasteiger partial charge in [-0.2, -0.15) is 11.8 Å². The van der Waals surface area contributed by atoms with Crippen LogP contribution in [0.5, 0.6) is 0 Å². The number of amides is 1. The molecule has 0 radical (unpaired) electrons. The van der Waals surface area contributed by atoms with Gasteiger partial charge in [0, 0.05) is 24.8 Å². The molecule has 0 spiro atoms. The molecule has 1 aromatic heterocycles. The highest BCUT2D eigenvalue weighted by molar-refractivity contribution is 7.99. The van der Waals surface area contributed by atoms with Gasteiger partial charge in [0.2, 0.25) is 5.82 Å². The number of hydrogen-bond acceptors (Lipinski definition) is 4. The molecule has 0 aromatic carbocycles. The van der Waals surface area contributed by atoms with Gasteiger partial charge in [0.1, 0.15) is 5.82 Å². The van der Waals surface area contributed by atoms with Crippen molar-refractivity contribution in [1.29, 1.82) is 0 Å². The number of carbonyl (C=O) groups excluding carboxylic acids is 1. The summed E-state index contributed by atoms with van der Waals surface area (Å²) in [6.07, 6.45) is 1.05. The molecule has 1 saturated heterocycles.